The van der Waals surface area contributed by atoms with Crippen molar-refractivity contribution in [3.63, 3.8) is 0 Å². The Balaban J connectivity index is 1.90. The van der Waals surface area contributed by atoms with Crippen LogP contribution in [0.4, 0.5) is 0 Å². The predicted octanol–water partition coefficient (Wildman–Crippen LogP) is 3.92. The molecule has 1 aliphatic rings. The Bertz CT molecular complexity index is 386. The lowest BCUT2D eigenvalue weighted by molar-refractivity contribution is 0.271. The van der Waals surface area contributed by atoms with Crippen molar-refractivity contribution in [2.24, 2.45) is 11.7 Å². The second-order valence-corrected chi connectivity index (χ2v) is 7.20. The van der Waals surface area contributed by atoms with Crippen molar-refractivity contribution >= 4 is 11.3 Å². The smallest absolute Gasteiger partial charge is 0.0274 e. The molecule has 1 aromatic rings. The molecule has 2 N–H and O–H groups in total. The quantitative estimate of drug-likeness (QED) is 0.886. The van der Waals surface area contributed by atoms with Crippen LogP contribution in [0.2, 0.25) is 0 Å². The number of nitrogens with zero attached hydrogens (tertiary/aromatic N) is 1. The number of hydrogen-bond acceptors (Lipinski definition) is 3. The van der Waals surface area contributed by atoms with Gasteiger partial charge in [-0.25, -0.2) is 0 Å². The van der Waals surface area contributed by atoms with E-state index >= 15 is 0 Å². The first kappa shape index (κ1) is 15.0. The van der Waals surface area contributed by atoms with Gasteiger partial charge in [0.1, 0.15) is 0 Å². The molecule has 0 saturated carbocycles. The first-order chi connectivity index (χ1) is 9.22. The molecule has 19 heavy (non-hydrogen) atoms. The van der Waals surface area contributed by atoms with Crippen LogP contribution >= 0.6 is 11.3 Å². The summed E-state index contributed by atoms with van der Waals surface area (Å²) in [4.78, 5) is 5.42. The minimum Gasteiger partial charge on any atom is -0.326 e. The highest BCUT2D eigenvalue weighted by molar-refractivity contribution is 7.12. The van der Waals surface area contributed by atoms with Gasteiger partial charge in [-0.1, -0.05) is 19.8 Å². The maximum Gasteiger partial charge on any atom is 0.0274 e. The third-order valence-electron chi connectivity index (χ3n) is 4.30. The summed E-state index contributed by atoms with van der Waals surface area (Å²) < 4.78 is 0. The molecule has 108 valence electrons. The average molecular weight is 280 g/mol. The molecule has 1 fully saturated rings. The topological polar surface area (TPSA) is 29.3 Å². The van der Waals surface area contributed by atoms with Crippen molar-refractivity contribution in [2.45, 2.75) is 59.0 Å². The summed E-state index contributed by atoms with van der Waals surface area (Å²) in [5.41, 5.74) is 7.24. The molecule has 1 saturated heterocycles. The molecule has 0 aromatic carbocycles. The number of rotatable bonds is 5. The van der Waals surface area contributed by atoms with Crippen LogP contribution in [0.1, 0.15) is 54.3 Å². The van der Waals surface area contributed by atoms with Gasteiger partial charge in [-0.3, -0.25) is 4.90 Å². The van der Waals surface area contributed by atoms with Crippen LogP contribution < -0.4 is 5.73 Å². The number of likely N-dealkylation sites (tertiary alicyclic amines) is 1. The van der Waals surface area contributed by atoms with Crippen molar-refractivity contribution in [1.82, 2.24) is 4.90 Å². The van der Waals surface area contributed by atoms with E-state index in [0.29, 0.717) is 6.54 Å². The van der Waals surface area contributed by atoms with Gasteiger partial charge in [0.05, 0.1) is 0 Å². The van der Waals surface area contributed by atoms with Crippen molar-refractivity contribution in [1.29, 1.82) is 0 Å². The number of nitrogens with two attached hydrogens (primary N) is 1. The summed E-state index contributed by atoms with van der Waals surface area (Å²) in [5, 5.41) is 0. The largest absolute Gasteiger partial charge is 0.326 e. The molecule has 3 heteroatoms. The van der Waals surface area contributed by atoms with E-state index in [9.17, 15) is 0 Å². The molecule has 2 nitrogen and oxygen atoms in total. The lowest BCUT2D eigenvalue weighted by atomic mass is 9.96. The highest BCUT2D eigenvalue weighted by Crippen LogP contribution is 2.26. The van der Waals surface area contributed by atoms with Crippen molar-refractivity contribution < 1.29 is 0 Å². The molecule has 0 aliphatic carbocycles. The molecule has 0 spiro atoms. The van der Waals surface area contributed by atoms with Gasteiger partial charge in [0.25, 0.3) is 0 Å². The van der Waals surface area contributed by atoms with E-state index in [4.69, 9.17) is 5.73 Å². The number of hydrogen-bond donors (Lipinski definition) is 1. The summed E-state index contributed by atoms with van der Waals surface area (Å²) in [7, 11) is 0. The summed E-state index contributed by atoms with van der Waals surface area (Å²) in [6.45, 7) is 8.90. The molecular weight excluding hydrogens is 252 g/mol. The molecule has 2 heterocycles. The van der Waals surface area contributed by atoms with Gasteiger partial charge in [0, 0.05) is 22.8 Å². The highest BCUT2D eigenvalue weighted by atomic mass is 32.1. The van der Waals surface area contributed by atoms with Crippen molar-refractivity contribution in [3.8, 4) is 0 Å². The third kappa shape index (κ3) is 4.30. The Morgan fingerprint density at radius 2 is 2.21 bits per heavy atom. The molecule has 0 bridgehead atoms. The SMILES string of the molecule is CCCC1CCCN(Cc2cc(CN)sc2C)CC1. The van der Waals surface area contributed by atoms with Gasteiger partial charge in [-0.2, -0.15) is 0 Å². The first-order valence-corrected chi connectivity index (χ1v) is 8.55. The van der Waals surface area contributed by atoms with Gasteiger partial charge >= 0.3 is 0 Å². The summed E-state index contributed by atoms with van der Waals surface area (Å²) in [6.07, 6.45) is 6.95. The van der Waals surface area contributed by atoms with Crippen LogP contribution in [0.15, 0.2) is 6.07 Å². The van der Waals surface area contributed by atoms with E-state index in [1.165, 1.54) is 60.5 Å². The summed E-state index contributed by atoms with van der Waals surface area (Å²) >= 11 is 1.87. The molecule has 0 radical (unpaired) electrons. The van der Waals surface area contributed by atoms with Gasteiger partial charge in [-0.15, -0.1) is 11.3 Å². The van der Waals surface area contributed by atoms with Crippen molar-refractivity contribution in [3.05, 3.63) is 21.4 Å². The lowest BCUT2D eigenvalue weighted by Gasteiger charge is -2.20. The van der Waals surface area contributed by atoms with E-state index in [0.717, 1.165) is 12.5 Å². The van der Waals surface area contributed by atoms with Crippen molar-refractivity contribution in [2.75, 3.05) is 13.1 Å². The number of thiophene rings is 1. The fourth-order valence-electron chi connectivity index (χ4n) is 3.17. The summed E-state index contributed by atoms with van der Waals surface area (Å²) in [5.74, 6) is 0.971. The summed E-state index contributed by atoms with van der Waals surface area (Å²) in [6, 6.07) is 2.31. The maximum absolute atomic E-state index is 5.74. The first-order valence-electron chi connectivity index (χ1n) is 7.73. The Labute approximate surface area is 122 Å². The standard InChI is InChI=1S/C16H28N2S/c1-3-5-14-6-4-8-18(9-7-14)12-15-10-16(11-17)19-13(15)2/h10,14H,3-9,11-12,17H2,1-2H3. The maximum atomic E-state index is 5.74. The third-order valence-corrected chi connectivity index (χ3v) is 5.42. The Kier molecular flexibility index (Phi) is 5.86. The van der Waals surface area contributed by atoms with Crippen LogP contribution in [0.25, 0.3) is 0 Å². The normalized spacial score (nSPS) is 21.5. The van der Waals surface area contributed by atoms with E-state index in [1.54, 1.807) is 0 Å². The van der Waals surface area contributed by atoms with Gasteiger partial charge < -0.3 is 5.73 Å². The minimum atomic E-state index is 0.685. The minimum absolute atomic E-state index is 0.685. The van der Waals surface area contributed by atoms with E-state index in [2.05, 4.69) is 24.8 Å². The van der Waals surface area contributed by atoms with E-state index in [-0.39, 0.29) is 0 Å². The van der Waals surface area contributed by atoms with Crippen LogP contribution in [-0.4, -0.2) is 18.0 Å². The average Bonchev–Trinajstić information content (AvgIpc) is 2.60. The van der Waals surface area contributed by atoms with Crippen LogP contribution in [-0.2, 0) is 13.1 Å². The van der Waals surface area contributed by atoms with Gasteiger partial charge in [-0.05, 0) is 56.8 Å². The molecule has 1 aromatic heterocycles. The Hall–Kier alpha value is -0.380. The zero-order chi connectivity index (χ0) is 13.7. The lowest BCUT2D eigenvalue weighted by Crippen LogP contribution is -2.24. The Morgan fingerprint density at radius 3 is 2.89 bits per heavy atom. The second kappa shape index (κ2) is 7.41. The molecule has 0 amide bonds. The predicted molar refractivity (Wildman–Crippen MR) is 84.5 cm³/mol. The van der Waals surface area contributed by atoms with Gasteiger partial charge in [0.15, 0.2) is 0 Å². The molecule has 1 atom stereocenters. The Morgan fingerprint density at radius 1 is 1.37 bits per heavy atom. The van der Waals surface area contributed by atoms with Crippen LogP contribution in [0.5, 0.6) is 0 Å². The van der Waals surface area contributed by atoms with Crippen LogP contribution in [0.3, 0.4) is 0 Å². The second-order valence-electron chi connectivity index (χ2n) is 5.86. The molecular formula is C16H28N2S. The van der Waals surface area contributed by atoms with E-state index in [1.807, 2.05) is 11.3 Å². The fourth-order valence-corrected chi connectivity index (χ4v) is 4.10. The van der Waals surface area contributed by atoms with Crippen LogP contribution in [0, 0.1) is 12.8 Å². The number of aryl methyl sites for hydroxylation is 1. The van der Waals surface area contributed by atoms with E-state index < -0.39 is 0 Å². The monoisotopic (exact) mass is 280 g/mol. The molecule has 1 unspecified atom stereocenters. The molecule has 2 rings (SSSR count). The zero-order valence-corrected chi connectivity index (χ0v) is 13.3. The zero-order valence-electron chi connectivity index (χ0n) is 12.5. The highest BCUT2D eigenvalue weighted by Gasteiger charge is 2.17. The fraction of sp³-hybridized carbons (Fsp3) is 0.750. The molecule has 1 aliphatic heterocycles. The van der Waals surface area contributed by atoms with Gasteiger partial charge in [0.2, 0.25) is 0 Å².